The zero-order valence-electron chi connectivity index (χ0n) is 19.6. The van der Waals surface area contributed by atoms with Gasteiger partial charge in [-0.05, 0) is 62.4 Å². The van der Waals surface area contributed by atoms with Crippen molar-refractivity contribution in [2.24, 2.45) is 7.05 Å². The van der Waals surface area contributed by atoms with Gasteiger partial charge in [0.15, 0.2) is 0 Å². The Hall–Kier alpha value is -4.39. The van der Waals surface area contributed by atoms with Crippen LogP contribution in [0.2, 0.25) is 0 Å². The van der Waals surface area contributed by atoms with Crippen molar-refractivity contribution in [2.75, 3.05) is 22.5 Å². The summed E-state index contributed by atoms with van der Waals surface area (Å²) in [4.78, 5) is 4.49. The predicted molar refractivity (Wildman–Crippen MR) is 139 cm³/mol. The minimum atomic E-state index is 0.457. The molecule has 7 heteroatoms. The summed E-state index contributed by atoms with van der Waals surface area (Å²) < 4.78 is 4.17. The minimum Gasteiger partial charge on any atom is -0.399 e. The molecule has 0 unspecified atom stereocenters. The molecule has 170 valence electrons. The van der Waals surface area contributed by atoms with Gasteiger partial charge in [-0.1, -0.05) is 11.1 Å². The maximum atomic E-state index is 6.19. The molecule has 0 aliphatic heterocycles. The fourth-order valence-corrected chi connectivity index (χ4v) is 4.52. The number of fused-ring (bicyclic) bond motifs is 3. The lowest BCUT2D eigenvalue weighted by atomic mass is 9.98. The lowest BCUT2D eigenvalue weighted by Crippen LogP contribution is -2.37. The molecular weight excluding hydrogens is 422 g/mol. The summed E-state index contributed by atoms with van der Waals surface area (Å²) in [6, 6.07) is 22.5. The van der Waals surface area contributed by atoms with Gasteiger partial charge in [-0.25, -0.2) is 4.57 Å². The van der Waals surface area contributed by atoms with Crippen molar-refractivity contribution in [3.63, 3.8) is 0 Å². The Labute approximate surface area is 198 Å². The zero-order valence-corrected chi connectivity index (χ0v) is 19.6. The number of anilines is 5. The highest BCUT2D eigenvalue weighted by Crippen LogP contribution is 2.34. The first-order chi connectivity index (χ1) is 16.4. The number of nitrogens with zero attached hydrogens (tertiary/aromatic N) is 3. The van der Waals surface area contributed by atoms with Gasteiger partial charge in [-0.3, -0.25) is 5.73 Å². The number of hydrogen-bond acceptors (Lipinski definition) is 5. The highest BCUT2D eigenvalue weighted by molar-refractivity contribution is 6.10. The van der Waals surface area contributed by atoms with E-state index in [4.69, 9.17) is 17.2 Å². The third-order valence-electron chi connectivity index (χ3n) is 6.37. The maximum absolute atomic E-state index is 6.19. The summed E-state index contributed by atoms with van der Waals surface area (Å²) in [5.41, 5.74) is 25.0. The van der Waals surface area contributed by atoms with E-state index in [0.717, 1.165) is 62.2 Å². The number of aryl methyl sites for hydroxylation is 2. The molecule has 0 spiro atoms. The molecule has 7 nitrogen and oxygen atoms in total. The van der Waals surface area contributed by atoms with Crippen LogP contribution in [0, 0.1) is 6.92 Å². The minimum absolute atomic E-state index is 0.457. The summed E-state index contributed by atoms with van der Waals surface area (Å²) >= 11 is 0. The van der Waals surface area contributed by atoms with Crippen LogP contribution >= 0.6 is 0 Å². The van der Waals surface area contributed by atoms with E-state index in [1.807, 2.05) is 48.9 Å². The number of pyridine rings is 1. The zero-order chi connectivity index (χ0) is 24.0. The SMILES string of the molecule is CC[n+]1c(-c2ccc(N)cc2)c2cc(Nc3cc(C)[n+](C)c(N)n3)ccc2c2ccc(N)cc21. The van der Waals surface area contributed by atoms with Gasteiger partial charge < -0.3 is 16.8 Å². The Balaban J connectivity index is 1.79. The molecule has 2 heterocycles. The molecule has 0 saturated carbocycles. The molecule has 3 aromatic carbocycles. The van der Waals surface area contributed by atoms with E-state index in [0.29, 0.717) is 11.8 Å². The van der Waals surface area contributed by atoms with Crippen molar-refractivity contribution in [1.82, 2.24) is 4.98 Å². The van der Waals surface area contributed by atoms with Crippen LogP contribution in [0.15, 0.2) is 66.7 Å². The Morgan fingerprint density at radius 2 is 1.53 bits per heavy atom. The highest BCUT2D eigenvalue weighted by atomic mass is 15.1. The van der Waals surface area contributed by atoms with E-state index >= 15 is 0 Å². The maximum Gasteiger partial charge on any atom is 0.391 e. The monoisotopic (exact) mass is 451 g/mol. The molecule has 0 aliphatic rings. The topological polar surface area (TPSA) is 111 Å². The first kappa shape index (κ1) is 21.5. The Bertz CT molecular complexity index is 1530. The van der Waals surface area contributed by atoms with Crippen molar-refractivity contribution in [1.29, 1.82) is 0 Å². The van der Waals surface area contributed by atoms with Crippen LogP contribution in [0.5, 0.6) is 0 Å². The van der Waals surface area contributed by atoms with E-state index in [1.165, 1.54) is 0 Å². The second-order valence-corrected chi connectivity index (χ2v) is 8.58. The second kappa shape index (κ2) is 8.19. The molecule has 7 N–H and O–H groups in total. The van der Waals surface area contributed by atoms with Crippen molar-refractivity contribution >= 4 is 50.5 Å². The molecular formula is C27H29N7+2. The van der Waals surface area contributed by atoms with Gasteiger partial charge in [0.1, 0.15) is 6.54 Å². The van der Waals surface area contributed by atoms with E-state index in [1.54, 1.807) is 0 Å². The van der Waals surface area contributed by atoms with Crippen LogP contribution in [0.25, 0.3) is 32.9 Å². The number of benzene rings is 3. The fraction of sp³-hybridized carbons (Fsp3) is 0.148. The molecule has 0 saturated heterocycles. The first-order valence-electron chi connectivity index (χ1n) is 11.3. The summed E-state index contributed by atoms with van der Waals surface area (Å²) in [5, 5.41) is 6.87. The summed E-state index contributed by atoms with van der Waals surface area (Å²) in [6.07, 6.45) is 0. The van der Waals surface area contributed by atoms with Gasteiger partial charge in [0.2, 0.25) is 17.0 Å². The van der Waals surface area contributed by atoms with Crippen LogP contribution in [-0.2, 0) is 13.6 Å². The summed E-state index contributed by atoms with van der Waals surface area (Å²) in [6.45, 7) is 4.95. The molecule has 5 aromatic rings. The molecule has 0 fully saturated rings. The smallest absolute Gasteiger partial charge is 0.391 e. The van der Waals surface area contributed by atoms with Crippen molar-refractivity contribution in [2.45, 2.75) is 20.4 Å². The van der Waals surface area contributed by atoms with Gasteiger partial charge in [0.25, 0.3) is 0 Å². The number of rotatable bonds is 4. The van der Waals surface area contributed by atoms with Crippen molar-refractivity contribution in [3.8, 4) is 11.3 Å². The summed E-state index contributed by atoms with van der Waals surface area (Å²) in [5.74, 6) is 1.16. The fourth-order valence-electron chi connectivity index (χ4n) is 4.52. The average Bonchev–Trinajstić information content (AvgIpc) is 2.82. The third-order valence-corrected chi connectivity index (χ3v) is 6.37. The van der Waals surface area contributed by atoms with Gasteiger partial charge >= 0.3 is 5.95 Å². The lowest BCUT2D eigenvalue weighted by Gasteiger charge is -2.13. The highest BCUT2D eigenvalue weighted by Gasteiger charge is 2.23. The Morgan fingerprint density at radius 3 is 2.24 bits per heavy atom. The molecule has 0 amide bonds. The van der Waals surface area contributed by atoms with Crippen LogP contribution in [0.3, 0.4) is 0 Å². The van der Waals surface area contributed by atoms with Gasteiger partial charge in [-0.15, -0.1) is 0 Å². The number of nitrogens with one attached hydrogen (secondary N) is 1. The van der Waals surface area contributed by atoms with E-state index in [-0.39, 0.29) is 0 Å². The van der Waals surface area contributed by atoms with Crippen LogP contribution < -0.4 is 31.7 Å². The van der Waals surface area contributed by atoms with Gasteiger partial charge in [0, 0.05) is 40.1 Å². The van der Waals surface area contributed by atoms with E-state index < -0.39 is 0 Å². The first-order valence-corrected chi connectivity index (χ1v) is 11.3. The molecule has 0 atom stereocenters. The average molecular weight is 452 g/mol. The number of nitrogens with two attached hydrogens (primary N) is 3. The number of aromatic nitrogens is 3. The molecule has 0 radical (unpaired) electrons. The predicted octanol–water partition coefficient (Wildman–Crippen LogP) is 3.99. The van der Waals surface area contributed by atoms with Gasteiger partial charge in [-0.2, -0.15) is 4.57 Å². The lowest BCUT2D eigenvalue weighted by molar-refractivity contribution is -0.665. The van der Waals surface area contributed by atoms with Crippen LogP contribution in [-0.4, -0.2) is 4.98 Å². The third kappa shape index (κ3) is 3.61. The van der Waals surface area contributed by atoms with Gasteiger partial charge in [0.05, 0.1) is 23.5 Å². The molecule has 0 aliphatic carbocycles. The molecule has 2 aromatic heterocycles. The molecule has 5 rings (SSSR count). The second-order valence-electron chi connectivity index (χ2n) is 8.58. The van der Waals surface area contributed by atoms with Crippen molar-refractivity contribution in [3.05, 3.63) is 72.4 Å². The van der Waals surface area contributed by atoms with E-state index in [2.05, 4.69) is 58.2 Å². The Morgan fingerprint density at radius 1 is 0.824 bits per heavy atom. The normalized spacial score (nSPS) is 11.3. The quantitative estimate of drug-likeness (QED) is 0.188. The molecule has 0 bridgehead atoms. The standard InChI is InChI=1S/C27H27N7/c1-4-34-24-14-19(29)9-11-22(24)21-12-10-20(31-25-13-16(2)33(3)27(30)32-25)15-23(21)26(34)17-5-7-18(28)8-6-17/h5-15H,4H2,1-3H3,(H5,28,29,30,31,32)/p+2. The van der Waals surface area contributed by atoms with Crippen LogP contribution in [0.1, 0.15) is 12.6 Å². The largest absolute Gasteiger partial charge is 0.399 e. The Kier molecular flexibility index (Phi) is 5.17. The summed E-state index contributed by atoms with van der Waals surface area (Å²) in [7, 11) is 1.90. The number of nitrogen functional groups attached to an aromatic ring is 3. The van der Waals surface area contributed by atoms with Crippen molar-refractivity contribution < 1.29 is 9.13 Å². The van der Waals surface area contributed by atoms with Crippen LogP contribution in [0.4, 0.5) is 28.8 Å². The number of hydrogen-bond donors (Lipinski definition) is 4. The molecule has 34 heavy (non-hydrogen) atoms. The van der Waals surface area contributed by atoms with E-state index in [9.17, 15) is 0 Å².